The lowest BCUT2D eigenvalue weighted by molar-refractivity contribution is -0.150. The average molecular weight is 378 g/mol. The Hall–Kier alpha value is -3.74. The highest BCUT2D eigenvalue weighted by atomic mass is 16.5. The largest absolute Gasteiger partial charge is 0.480 e. The van der Waals surface area contributed by atoms with E-state index in [-0.39, 0.29) is 12.2 Å². The molecule has 2 aromatic carbocycles. The van der Waals surface area contributed by atoms with Gasteiger partial charge in [0.2, 0.25) is 0 Å². The minimum absolute atomic E-state index is 0.0367. The van der Waals surface area contributed by atoms with Crippen LogP contribution in [0.3, 0.4) is 0 Å². The molecule has 0 radical (unpaired) electrons. The number of fused-ring (bicyclic) bond motifs is 1. The summed E-state index contributed by atoms with van der Waals surface area (Å²) < 4.78 is 5.10. The van der Waals surface area contributed by atoms with Crippen LogP contribution in [0.5, 0.6) is 0 Å². The molecule has 0 saturated carbocycles. The predicted octanol–water partition coefficient (Wildman–Crippen LogP) is 2.55. The molecule has 2 N–H and O–H groups in total. The van der Waals surface area contributed by atoms with Crippen molar-refractivity contribution in [2.75, 3.05) is 0 Å². The quantitative estimate of drug-likeness (QED) is 0.612. The molecule has 1 aromatic heterocycles. The van der Waals surface area contributed by atoms with Crippen molar-refractivity contribution in [1.82, 2.24) is 10.3 Å². The Kier molecular flexibility index (Phi) is 5.96. The summed E-state index contributed by atoms with van der Waals surface area (Å²) in [6, 6.07) is 16.2. The van der Waals surface area contributed by atoms with Gasteiger partial charge in [-0.3, -0.25) is 14.6 Å². The third-order valence-corrected chi connectivity index (χ3v) is 4.11. The van der Waals surface area contributed by atoms with E-state index in [9.17, 15) is 19.5 Å². The van der Waals surface area contributed by atoms with Gasteiger partial charge >= 0.3 is 11.9 Å². The van der Waals surface area contributed by atoms with Crippen LogP contribution in [0.4, 0.5) is 0 Å². The number of carboxylic acid groups (broad SMARTS) is 1. The number of aromatic nitrogens is 1. The molecular formula is C21H18N2O5. The van der Waals surface area contributed by atoms with Crippen molar-refractivity contribution in [2.45, 2.75) is 19.1 Å². The number of carbonyl (C=O) groups is 3. The van der Waals surface area contributed by atoms with Crippen LogP contribution in [0.1, 0.15) is 22.3 Å². The zero-order valence-corrected chi connectivity index (χ0v) is 14.9. The van der Waals surface area contributed by atoms with Crippen molar-refractivity contribution >= 4 is 28.7 Å². The Morgan fingerprint density at radius 1 is 1.00 bits per heavy atom. The first kappa shape index (κ1) is 19.0. The highest BCUT2D eigenvalue weighted by Gasteiger charge is 2.25. The number of para-hydroxylation sites is 1. The van der Waals surface area contributed by atoms with Gasteiger partial charge in [0, 0.05) is 11.6 Å². The monoisotopic (exact) mass is 378 g/mol. The number of amides is 1. The maximum Gasteiger partial charge on any atom is 0.326 e. The van der Waals surface area contributed by atoms with Crippen molar-refractivity contribution in [3.05, 3.63) is 78.0 Å². The van der Waals surface area contributed by atoms with E-state index in [0.29, 0.717) is 10.9 Å². The lowest BCUT2D eigenvalue weighted by Crippen LogP contribution is -2.42. The van der Waals surface area contributed by atoms with Crippen LogP contribution < -0.4 is 5.32 Å². The van der Waals surface area contributed by atoms with E-state index in [1.54, 1.807) is 36.4 Å². The van der Waals surface area contributed by atoms with Gasteiger partial charge in [-0.25, -0.2) is 4.79 Å². The number of rotatable bonds is 7. The average Bonchev–Trinajstić information content (AvgIpc) is 2.72. The van der Waals surface area contributed by atoms with E-state index < -0.39 is 30.3 Å². The van der Waals surface area contributed by atoms with Gasteiger partial charge in [0.25, 0.3) is 5.91 Å². The van der Waals surface area contributed by atoms with Crippen molar-refractivity contribution in [3.8, 4) is 0 Å². The number of carboxylic acids is 1. The summed E-state index contributed by atoms with van der Waals surface area (Å²) in [5, 5.41) is 12.4. The van der Waals surface area contributed by atoms with E-state index in [0.717, 1.165) is 5.56 Å². The SMILES string of the molecule is O=C(C[C@H](NC(=O)c1ccnc2ccccc12)C(=O)O)OCc1ccccc1. The number of hydrogen-bond donors (Lipinski definition) is 2. The molecule has 3 rings (SSSR count). The Balaban J connectivity index is 1.66. The second-order valence-corrected chi connectivity index (χ2v) is 6.09. The van der Waals surface area contributed by atoms with E-state index >= 15 is 0 Å². The molecule has 142 valence electrons. The Labute approximate surface area is 161 Å². The number of carbonyl (C=O) groups excluding carboxylic acids is 2. The first-order chi connectivity index (χ1) is 13.5. The zero-order chi connectivity index (χ0) is 19.9. The van der Waals surface area contributed by atoms with Gasteiger partial charge < -0.3 is 15.2 Å². The maximum atomic E-state index is 12.6. The molecule has 0 bridgehead atoms. The standard InChI is InChI=1S/C21H18N2O5/c24-19(28-13-14-6-2-1-3-7-14)12-18(21(26)27)23-20(25)16-10-11-22-17-9-5-4-8-15(16)17/h1-11,18H,12-13H2,(H,23,25)(H,26,27)/t18-/m0/s1. The number of nitrogens with zero attached hydrogens (tertiary/aromatic N) is 1. The van der Waals surface area contributed by atoms with Crippen LogP contribution in [-0.4, -0.2) is 34.0 Å². The molecule has 1 amide bonds. The second kappa shape index (κ2) is 8.77. The summed E-state index contributed by atoms with van der Waals surface area (Å²) in [4.78, 5) is 40.3. The van der Waals surface area contributed by atoms with Crippen LogP contribution in [-0.2, 0) is 20.9 Å². The number of nitrogens with one attached hydrogen (secondary N) is 1. The number of benzene rings is 2. The molecule has 1 heterocycles. The van der Waals surface area contributed by atoms with Gasteiger partial charge in [0.05, 0.1) is 17.5 Å². The number of ether oxygens (including phenoxy) is 1. The molecule has 0 aliphatic rings. The third kappa shape index (κ3) is 4.70. The molecule has 7 nitrogen and oxygen atoms in total. The fourth-order valence-electron chi connectivity index (χ4n) is 2.69. The normalized spacial score (nSPS) is 11.6. The molecule has 0 aliphatic carbocycles. The van der Waals surface area contributed by atoms with E-state index in [1.165, 1.54) is 12.3 Å². The van der Waals surface area contributed by atoms with E-state index in [1.807, 2.05) is 18.2 Å². The Bertz CT molecular complexity index is 999. The first-order valence-corrected chi connectivity index (χ1v) is 8.61. The molecule has 28 heavy (non-hydrogen) atoms. The molecule has 3 aromatic rings. The third-order valence-electron chi connectivity index (χ3n) is 4.11. The highest BCUT2D eigenvalue weighted by Crippen LogP contribution is 2.16. The Morgan fingerprint density at radius 2 is 1.71 bits per heavy atom. The van der Waals surface area contributed by atoms with Crippen molar-refractivity contribution in [3.63, 3.8) is 0 Å². The zero-order valence-electron chi connectivity index (χ0n) is 14.9. The van der Waals surface area contributed by atoms with Gasteiger partial charge in [-0.2, -0.15) is 0 Å². The molecule has 0 unspecified atom stereocenters. The molecule has 0 spiro atoms. The predicted molar refractivity (Wildman–Crippen MR) is 101 cm³/mol. The summed E-state index contributed by atoms with van der Waals surface area (Å²) in [6.07, 6.45) is 0.998. The summed E-state index contributed by atoms with van der Waals surface area (Å²) in [7, 11) is 0. The van der Waals surface area contributed by atoms with Crippen LogP contribution >= 0.6 is 0 Å². The van der Waals surface area contributed by atoms with Gasteiger partial charge in [-0.05, 0) is 17.7 Å². The summed E-state index contributed by atoms with van der Waals surface area (Å²) in [5.41, 5.74) is 1.69. The van der Waals surface area contributed by atoms with E-state index in [2.05, 4.69) is 10.3 Å². The molecule has 1 atom stereocenters. The maximum absolute atomic E-state index is 12.6. The summed E-state index contributed by atoms with van der Waals surface area (Å²) >= 11 is 0. The molecule has 0 fully saturated rings. The minimum Gasteiger partial charge on any atom is -0.480 e. The number of pyridine rings is 1. The summed E-state index contributed by atoms with van der Waals surface area (Å²) in [6.45, 7) is 0.0367. The Morgan fingerprint density at radius 3 is 2.46 bits per heavy atom. The lowest BCUT2D eigenvalue weighted by atomic mass is 10.1. The molecule has 0 aliphatic heterocycles. The van der Waals surface area contributed by atoms with Crippen LogP contribution in [0, 0.1) is 0 Å². The van der Waals surface area contributed by atoms with Gasteiger partial charge in [-0.1, -0.05) is 48.5 Å². The first-order valence-electron chi connectivity index (χ1n) is 8.61. The second-order valence-electron chi connectivity index (χ2n) is 6.09. The van der Waals surface area contributed by atoms with Gasteiger partial charge in [-0.15, -0.1) is 0 Å². The van der Waals surface area contributed by atoms with Crippen LogP contribution in [0.25, 0.3) is 10.9 Å². The van der Waals surface area contributed by atoms with Crippen molar-refractivity contribution in [1.29, 1.82) is 0 Å². The number of aliphatic carboxylic acids is 1. The van der Waals surface area contributed by atoms with Crippen molar-refractivity contribution < 1.29 is 24.2 Å². The topological polar surface area (TPSA) is 106 Å². The molecule has 0 saturated heterocycles. The van der Waals surface area contributed by atoms with Crippen molar-refractivity contribution in [2.24, 2.45) is 0 Å². The highest BCUT2D eigenvalue weighted by molar-refractivity contribution is 6.07. The molecular weight excluding hydrogens is 360 g/mol. The smallest absolute Gasteiger partial charge is 0.326 e. The summed E-state index contributed by atoms with van der Waals surface area (Å²) in [5.74, 6) is -2.62. The van der Waals surface area contributed by atoms with Crippen LogP contribution in [0.2, 0.25) is 0 Å². The fourth-order valence-corrected chi connectivity index (χ4v) is 2.69. The van der Waals surface area contributed by atoms with Crippen LogP contribution in [0.15, 0.2) is 66.9 Å². The molecule has 7 heteroatoms. The minimum atomic E-state index is -1.40. The number of esters is 1. The van der Waals surface area contributed by atoms with Gasteiger partial charge in [0.15, 0.2) is 0 Å². The number of hydrogen-bond acceptors (Lipinski definition) is 5. The fraction of sp³-hybridized carbons (Fsp3) is 0.143. The van der Waals surface area contributed by atoms with Gasteiger partial charge in [0.1, 0.15) is 12.6 Å². The lowest BCUT2D eigenvalue weighted by Gasteiger charge is -2.15. The van der Waals surface area contributed by atoms with E-state index in [4.69, 9.17) is 4.74 Å².